The molecule has 106 valence electrons. The van der Waals surface area contributed by atoms with Gasteiger partial charge in [-0.25, -0.2) is 0 Å². The molecule has 0 radical (unpaired) electrons. The topological polar surface area (TPSA) is 38.3 Å². The molecule has 0 aliphatic carbocycles. The number of unbranched alkanes of at least 4 members (excludes halogenated alkanes) is 4. The van der Waals surface area contributed by atoms with Gasteiger partial charge in [0.1, 0.15) is 0 Å². The molecular formula is C15H29NO2. The smallest absolute Gasteiger partial charge is 0.313 e. The quantitative estimate of drug-likeness (QED) is 0.507. The minimum Gasteiger partial charge on any atom is -0.465 e. The fraction of sp³-hybridized carbons (Fsp3) is 0.933. The second-order valence-corrected chi connectivity index (χ2v) is 5.51. The zero-order valence-electron chi connectivity index (χ0n) is 12.1. The summed E-state index contributed by atoms with van der Waals surface area (Å²) in [5.74, 6) is 0.0323. The van der Waals surface area contributed by atoms with Crippen molar-refractivity contribution in [2.45, 2.75) is 65.2 Å². The molecule has 3 nitrogen and oxygen atoms in total. The Kier molecular flexibility index (Phi) is 7.33. The fourth-order valence-corrected chi connectivity index (χ4v) is 2.74. The molecule has 1 saturated heterocycles. The van der Waals surface area contributed by atoms with Crippen LogP contribution in [0.1, 0.15) is 65.2 Å². The van der Waals surface area contributed by atoms with Gasteiger partial charge >= 0.3 is 5.97 Å². The number of carbonyl (C=O) groups excluding carboxylic acids is 1. The molecule has 1 atom stereocenters. The van der Waals surface area contributed by atoms with Crippen molar-refractivity contribution < 1.29 is 9.53 Å². The molecule has 1 rings (SSSR count). The van der Waals surface area contributed by atoms with E-state index in [1.54, 1.807) is 0 Å². The van der Waals surface area contributed by atoms with Crippen molar-refractivity contribution in [3.63, 3.8) is 0 Å². The Balaban J connectivity index is 2.21. The zero-order chi connectivity index (χ0) is 13.3. The van der Waals surface area contributed by atoms with E-state index in [4.69, 9.17) is 4.74 Å². The maximum atomic E-state index is 12.2. The Hall–Kier alpha value is -0.570. The predicted octanol–water partition coefficient (Wildman–Crippen LogP) is 3.28. The van der Waals surface area contributed by atoms with Crippen molar-refractivity contribution in [3.8, 4) is 0 Å². The second kappa shape index (κ2) is 8.52. The van der Waals surface area contributed by atoms with E-state index in [1.807, 2.05) is 0 Å². The molecule has 0 saturated carbocycles. The Labute approximate surface area is 112 Å². The third kappa shape index (κ3) is 4.60. The summed E-state index contributed by atoms with van der Waals surface area (Å²) in [5.41, 5.74) is -0.224. The highest BCUT2D eigenvalue weighted by atomic mass is 16.5. The average molecular weight is 255 g/mol. The molecule has 18 heavy (non-hydrogen) atoms. The summed E-state index contributed by atoms with van der Waals surface area (Å²) < 4.78 is 5.48. The number of rotatable bonds is 9. The lowest BCUT2D eigenvalue weighted by Crippen LogP contribution is -2.35. The fourth-order valence-electron chi connectivity index (χ4n) is 2.74. The van der Waals surface area contributed by atoms with Gasteiger partial charge in [-0.05, 0) is 25.8 Å². The largest absolute Gasteiger partial charge is 0.465 e. The molecule has 1 aliphatic rings. The highest BCUT2D eigenvalue weighted by molar-refractivity contribution is 5.77. The van der Waals surface area contributed by atoms with Crippen LogP contribution >= 0.6 is 0 Å². The van der Waals surface area contributed by atoms with Gasteiger partial charge in [0.15, 0.2) is 0 Å². The normalized spacial score (nSPS) is 23.2. The first kappa shape index (κ1) is 15.5. The van der Waals surface area contributed by atoms with Crippen LogP contribution in [0.2, 0.25) is 0 Å². The molecule has 1 fully saturated rings. The van der Waals surface area contributed by atoms with Gasteiger partial charge in [0, 0.05) is 6.54 Å². The first-order valence-corrected chi connectivity index (χ1v) is 7.63. The number of hydrogen-bond acceptors (Lipinski definition) is 3. The van der Waals surface area contributed by atoms with Crippen LogP contribution in [0.3, 0.4) is 0 Å². The van der Waals surface area contributed by atoms with E-state index < -0.39 is 0 Å². The SMILES string of the molecule is CCCCCCCOC(=O)C1(CCC)CCNC1. The lowest BCUT2D eigenvalue weighted by molar-refractivity contribution is -0.155. The summed E-state index contributed by atoms with van der Waals surface area (Å²) in [5, 5.41) is 3.30. The summed E-state index contributed by atoms with van der Waals surface area (Å²) >= 11 is 0. The second-order valence-electron chi connectivity index (χ2n) is 5.51. The Morgan fingerprint density at radius 3 is 2.56 bits per heavy atom. The Bertz CT molecular complexity index is 235. The van der Waals surface area contributed by atoms with Crippen LogP contribution in [0, 0.1) is 5.41 Å². The van der Waals surface area contributed by atoms with E-state index in [9.17, 15) is 4.79 Å². The van der Waals surface area contributed by atoms with E-state index in [0.717, 1.165) is 38.8 Å². The molecule has 1 aliphatic heterocycles. The average Bonchev–Trinajstić information content (AvgIpc) is 2.83. The van der Waals surface area contributed by atoms with E-state index in [-0.39, 0.29) is 11.4 Å². The maximum Gasteiger partial charge on any atom is 0.313 e. The van der Waals surface area contributed by atoms with Crippen molar-refractivity contribution in [1.82, 2.24) is 5.32 Å². The van der Waals surface area contributed by atoms with Gasteiger partial charge in [0.25, 0.3) is 0 Å². The number of hydrogen-bond donors (Lipinski definition) is 1. The predicted molar refractivity (Wildman–Crippen MR) is 74.5 cm³/mol. The molecule has 1 N–H and O–H groups in total. The van der Waals surface area contributed by atoms with Gasteiger partial charge in [-0.15, -0.1) is 0 Å². The molecule has 0 aromatic heterocycles. The van der Waals surface area contributed by atoms with Gasteiger partial charge in [0.2, 0.25) is 0 Å². The van der Waals surface area contributed by atoms with Crippen LogP contribution in [0.4, 0.5) is 0 Å². The zero-order valence-corrected chi connectivity index (χ0v) is 12.1. The van der Waals surface area contributed by atoms with Gasteiger partial charge in [0.05, 0.1) is 12.0 Å². The Morgan fingerprint density at radius 1 is 1.17 bits per heavy atom. The molecular weight excluding hydrogens is 226 g/mol. The van der Waals surface area contributed by atoms with E-state index in [2.05, 4.69) is 19.2 Å². The monoisotopic (exact) mass is 255 g/mol. The molecule has 0 aromatic carbocycles. The molecule has 0 aromatic rings. The lowest BCUT2D eigenvalue weighted by Gasteiger charge is -2.25. The van der Waals surface area contributed by atoms with Crippen molar-refractivity contribution in [2.75, 3.05) is 19.7 Å². The van der Waals surface area contributed by atoms with Crippen molar-refractivity contribution in [2.24, 2.45) is 5.41 Å². The van der Waals surface area contributed by atoms with Crippen LogP contribution in [-0.2, 0) is 9.53 Å². The number of esters is 1. The minimum absolute atomic E-state index is 0.0323. The van der Waals surface area contributed by atoms with Crippen LogP contribution in [0.15, 0.2) is 0 Å². The number of nitrogens with one attached hydrogen (secondary N) is 1. The van der Waals surface area contributed by atoms with Gasteiger partial charge in [-0.1, -0.05) is 46.0 Å². The highest BCUT2D eigenvalue weighted by Crippen LogP contribution is 2.32. The summed E-state index contributed by atoms with van der Waals surface area (Å²) in [6.45, 7) is 6.70. The van der Waals surface area contributed by atoms with Crippen molar-refractivity contribution in [3.05, 3.63) is 0 Å². The van der Waals surface area contributed by atoms with E-state index in [0.29, 0.717) is 6.61 Å². The van der Waals surface area contributed by atoms with Crippen LogP contribution in [0.5, 0.6) is 0 Å². The summed E-state index contributed by atoms with van der Waals surface area (Å²) in [7, 11) is 0. The first-order chi connectivity index (χ1) is 8.75. The summed E-state index contributed by atoms with van der Waals surface area (Å²) in [4.78, 5) is 12.2. The minimum atomic E-state index is -0.224. The van der Waals surface area contributed by atoms with E-state index >= 15 is 0 Å². The molecule has 0 amide bonds. The molecule has 3 heteroatoms. The Morgan fingerprint density at radius 2 is 1.94 bits per heavy atom. The maximum absolute atomic E-state index is 12.2. The van der Waals surface area contributed by atoms with Gasteiger partial charge < -0.3 is 10.1 Å². The number of ether oxygens (including phenoxy) is 1. The summed E-state index contributed by atoms with van der Waals surface area (Å²) in [6.07, 6.45) is 8.94. The molecule has 1 heterocycles. The number of carbonyl (C=O) groups is 1. The lowest BCUT2D eigenvalue weighted by atomic mass is 9.82. The summed E-state index contributed by atoms with van der Waals surface area (Å²) in [6, 6.07) is 0. The first-order valence-electron chi connectivity index (χ1n) is 7.63. The van der Waals surface area contributed by atoms with Gasteiger partial charge in [-0.2, -0.15) is 0 Å². The van der Waals surface area contributed by atoms with Crippen LogP contribution in [-0.4, -0.2) is 25.7 Å². The molecule has 1 unspecified atom stereocenters. The highest BCUT2D eigenvalue weighted by Gasteiger charge is 2.41. The van der Waals surface area contributed by atoms with Gasteiger partial charge in [-0.3, -0.25) is 4.79 Å². The third-order valence-electron chi connectivity index (χ3n) is 3.89. The molecule has 0 bridgehead atoms. The van der Waals surface area contributed by atoms with Crippen LogP contribution < -0.4 is 5.32 Å². The standard InChI is InChI=1S/C15H29NO2/c1-3-5-6-7-8-12-18-14(17)15(9-4-2)10-11-16-13-15/h16H,3-13H2,1-2H3. The van der Waals surface area contributed by atoms with Crippen molar-refractivity contribution >= 4 is 5.97 Å². The van der Waals surface area contributed by atoms with Crippen molar-refractivity contribution in [1.29, 1.82) is 0 Å². The third-order valence-corrected chi connectivity index (χ3v) is 3.89. The van der Waals surface area contributed by atoms with E-state index in [1.165, 1.54) is 25.7 Å². The van der Waals surface area contributed by atoms with Crippen LogP contribution in [0.25, 0.3) is 0 Å². The molecule has 0 spiro atoms.